The van der Waals surface area contributed by atoms with Crippen LogP contribution in [0, 0.1) is 0 Å². The molecule has 6 heteroatoms. The SMILES string of the molecule is COC(=O)c1ccn(CCOCCO)n1. The predicted molar refractivity (Wildman–Crippen MR) is 51.5 cm³/mol. The van der Waals surface area contributed by atoms with Crippen molar-refractivity contribution in [2.75, 3.05) is 26.9 Å². The molecule has 1 N–H and O–H groups in total. The lowest BCUT2D eigenvalue weighted by atomic mass is 10.4. The van der Waals surface area contributed by atoms with Crippen molar-refractivity contribution in [2.24, 2.45) is 0 Å². The first-order chi connectivity index (χ1) is 7.27. The van der Waals surface area contributed by atoms with Crippen LogP contribution in [-0.4, -0.2) is 47.8 Å². The van der Waals surface area contributed by atoms with Crippen LogP contribution in [0.4, 0.5) is 0 Å². The number of carbonyl (C=O) groups excluding carboxylic acids is 1. The molecule has 6 nitrogen and oxygen atoms in total. The molecule has 0 atom stereocenters. The lowest BCUT2D eigenvalue weighted by molar-refractivity contribution is 0.0591. The van der Waals surface area contributed by atoms with E-state index in [2.05, 4.69) is 9.84 Å². The molecule has 1 rings (SSSR count). The third kappa shape index (κ3) is 3.69. The van der Waals surface area contributed by atoms with Crippen molar-refractivity contribution < 1.29 is 19.4 Å². The summed E-state index contributed by atoms with van der Waals surface area (Å²) >= 11 is 0. The van der Waals surface area contributed by atoms with E-state index in [1.54, 1.807) is 16.9 Å². The molecular weight excluding hydrogens is 200 g/mol. The van der Waals surface area contributed by atoms with Crippen molar-refractivity contribution in [1.29, 1.82) is 0 Å². The predicted octanol–water partition coefficient (Wildman–Crippen LogP) is -0.321. The Morgan fingerprint density at radius 3 is 3.07 bits per heavy atom. The Morgan fingerprint density at radius 1 is 1.60 bits per heavy atom. The van der Waals surface area contributed by atoms with Gasteiger partial charge in [-0.15, -0.1) is 0 Å². The summed E-state index contributed by atoms with van der Waals surface area (Å²) in [7, 11) is 1.31. The molecule has 1 aromatic rings. The average Bonchev–Trinajstić information content (AvgIpc) is 2.72. The van der Waals surface area contributed by atoms with E-state index in [4.69, 9.17) is 9.84 Å². The summed E-state index contributed by atoms with van der Waals surface area (Å²) in [6, 6.07) is 1.58. The lowest BCUT2D eigenvalue weighted by Crippen LogP contribution is -2.10. The fraction of sp³-hybridized carbons (Fsp3) is 0.556. The van der Waals surface area contributed by atoms with Crippen molar-refractivity contribution in [1.82, 2.24) is 9.78 Å². The fourth-order valence-electron chi connectivity index (χ4n) is 1.02. The van der Waals surface area contributed by atoms with Gasteiger partial charge in [0.15, 0.2) is 5.69 Å². The molecule has 0 radical (unpaired) electrons. The van der Waals surface area contributed by atoms with E-state index >= 15 is 0 Å². The highest BCUT2D eigenvalue weighted by Crippen LogP contribution is 1.97. The van der Waals surface area contributed by atoms with Gasteiger partial charge in [-0.25, -0.2) is 4.79 Å². The topological polar surface area (TPSA) is 73.6 Å². The zero-order chi connectivity index (χ0) is 11.1. The maximum Gasteiger partial charge on any atom is 0.358 e. The molecule has 0 aliphatic carbocycles. The highest BCUT2D eigenvalue weighted by atomic mass is 16.5. The molecule has 84 valence electrons. The van der Waals surface area contributed by atoms with Crippen molar-refractivity contribution >= 4 is 5.97 Å². The molecule has 15 heavy (non-hydrogen) atoms. The Kier molecular flexibility index (Phi) is 4.79. The standard InChI is InChI=1S/C9H14N2O4/c1-14-9(13)8-2-3-11(10-8)4-6-15-7-5-12/h2-3,12H,4-7H2,1H3. The number of methoxy groups -OCH3 is 1. The summed E-state index contributed by atoms with van der Waals surface area (Å²) in [6.45, 7) is 1.30. The number of hydrogen-bond donors (Lipinski definition) is 1. The fourth-order valence-corrected chi connectivity index (χ4v) is 1.02. The summed E-state index contributed by atoms with van der Waals surface area (Å²) in [4.78, 5) is 11.0. The monoisotopic (exact) mass is 214 g/mol. The quantitative estimate of drug-likeness (QED) is 0.519. The second-order valence-electron chi connectivity index (χ2n) is 2.79. The molecule has 0 spiro atoms. The molecule has 1 aromatic heterocycles. The van der Waals surface area contributed by atoms with Crippen LogP contribution >= 0.6 is 0 Å². The van der Waals surface area contributed by atoms with Gasteiger partial charge in [0.2, 0.25) is 0 Å². The Bertz CT molecular complexity index is 311. The Labute approximate surface area is 87.4 Å². The average molecular weight is 214 g/mol. The maximum absolute atomic E-state index is 11.0. The highest BCUT2D eigenvalue weighted by Gasteiger charge is 2.08. The molecule has 0 fully saturated rings. The number of aliphatic hydroxyl groups excluding tert-OH is 1. The van der Waals surface area contributed by atoms with Crippen LogP contribution in [0.5, 0.6) is 0 Å². The van der Waals surface area contributed by atoms with Gasteiger partial charge in [0.25, 0.3) is 0 Å². The summed E-state index contributed by atoms with van der Waals surface area (Å²) in [5, 5.41) is 12.4. The summed E-state index contributed by atoms with van der Waals surface area (Å²) in [6.07, 6.45) is 1.68. The van der Waals surface area contributed by atoms with E-state index in [0.717, 1.165) is 0 Å². The first-order valence-electron chi connectivity index (χ1n) is 4.58. The van der Waals surface area contributed by atoms with E-state index < -0.39 is 5.97 Å². The highest BCUT2D eigenvalue weighted by molar-refractivity contribution is 5.86. The normalized spacial score (nSPS) is 10.3. The lowest BCUT2D eigenvalue weighted by Gasteiger charge is -2.01. The van der Waals surface area contributed by atoms with E-state index in [1.807, 2.05) is 0 Å². The minimum Gasteiger partial charge on any atom is -0.464 e. The van der Waals surface area contributed by atoms with Gasteiger partial charge in [-0.05, 0) is 6.07 Å². The van der Waals surface area contributed by atoms with Crippen molar-refractivity contribution in [3.63, 3.8) is 0 Å². The van der Waals surface area contributed by atoms with Crippen LogP contribution < -0.4 is 0 Å². The molecule has 0 bridgehead atoms. The van der Waals surface area contributed by atoms with E-state index in [9.17, 15) is 4.79 Å². The number of hydrogen-bond acceptors (Lipinski definition) is 5. The first-order valence-corrected chi connectivity index (χ1v) is 4.58. The number of aromatic nitrogens is 2. The van der Waals surface area contributed by atoms with Gasteiger partial charge < -0.3 is 14.6 Å². The summed E-state index contributed by atoms with van der Waals surface area (Å²) in [5.74, 6) is -0.454. The number of esters is 1. The largest absolute Gasteiger partial charge is 0.464 e. The van der Waals surface area contributed by atoms with Gasteiger partial charge in [0, 0.05) is 6.20 Å². The number of nitrogens with zero attached hydrogens (tertiary/aromatic N) is 2. The molecule has 1 heterocycles. The number of ether oxygens (including phenoxy) is 2. The molecule has 0 saturated heterocycles. The van der Waals surface area contributed by atoms with Crippen LogP contribution in [0.3, 0.4) is 0 Å². The Balaban J connectivity index is 2.36. The van der Waals surface area contributed by atoms with E-state index in [0.29, 0.717) is 19.8 Å². The zero-order valence-electron chi connectivity index (χ0n) is 8.55. The van der Waals surface area contributed by atoms with Gasteiger partial charge in [-0.2, -0.15) is 5.10 Å². The molecule has 0 aliphatic rings. The molecule has 0 unspecified atom stereocenters. The van der Waals surface area contributed by atoms with Crippen LogP contribution in [0.1, 0.15) is 10.5 Å². The van der Waals surface area contributed by atoms with Gasteiger partial charge in [-0.3, -0.25) is 4.68 Å². The minimum absolute atomic E-state index is 0.00647. The molecule has 0 saturated carbocycles. The number of rotatable bonds is 6. The molecule has 0 amide bonds. The van der Waals surface area contributed by atoms with E-state index in [-0.39, 0.29) is 12.3 Å². The Morgan fingerprint density at radius 2 is 2.40 bits per heavy atom. The minimum atomic E-state index is -0.454. The molecular formula is C9H14N2O4. The van der Waals surface area contributed by atoms with Crippen LogP contribution in [-0.2, 0) is 16.0 Å². The van der Waals surface area contributed by atoms with E-state index in [1.165, 1.54) is 7.11 Å². The van der Waals surface area contributed by atoms with Crippen molar-refractivity contribution in [2.45, 2.75) is 6.54 Å². The second-order valence-corrected chi connectivity index (χ2v) is 2.79. The number of aliphatic hydroxyl groups is 1. The van der Waals surface area contributed by atoms with Crippen molar-refractivity contribution in [3.05, 3.63) is 18.0 Å². The van der Waals surface area contributed by atoms with Crippen molar-refractivity contribution in [3.8, 4) is 0 Å². The Hall–Kier alpha value is -1.40. The second kappa shape index (κ2) is 6.15. The van der Waals surface area contributed by atoms with Crippen LogP contribution in [0.2, 0.25) is 0 Å². The van der Waals surface area contributed by atoms with Crippen LogP contribution in [0.25, 0.3) is 0 Å². The molecule has 0 aliphatic heterocycles. The van der Waals surface area contributed by atoms with Crippen LogP contribution in [0.15, 0.2) is 12.3 Å². The van der Waals surface area contributed by atoms with Gasteiger partial charge in [0.05, 0.1) is 33.5 Å². The summed E-state index contributed by atoms with van der Waals surface area (Å²) < 4.78 is 11.2. The maximum atomic E-state index is 11.0. The summed E-state index contributed by atoms with van der Waals surface area (Å²) in [5.41, 5.74) is 0.277. The van der Waals surface area contributed by atoms with Gasteiger partial charge in [-0.1, -0.05) is 0 Å². The third-order valence-electron chi connectivity index (χ3n) is 1.74. The van der Waals surface area contributed by atoms with Gasteiger partial charge >= 0.3 is 5.97 Å². The third-order valence-corrected chi connectivity index (χ3v) is 1.74. The van der Waals surface area contributed by atoms with Gasteiger partial charge in [0.1, 0.15) is 0 Å². The zero-order valence-corrected chi connectivity index (χ0v) is 8.55. The smallest absolute Gasteiger partial charge is 0.358 e. The number of carbonyl (C=O) groups is 1. The first kappa shape index (κ1) is 11.7. The molecule has 0 aromatic carbocycles.